The van der Waals surface area contributed by atoms with Gasteiger partial charge in [0.1, 0.15) is 17.5 Å². The van der Waals surface area contributed by atoms with Gasteiger partial charge in [0.15, 0.2) is 29.5 Å². The van der Waals surface area contributed by atoms with Crippen molar-refractivity contribution >= 4 is 23.7 Å². The second-order valence-corrected chi connectivity index (χ2v) is 10.4. The number of phenolic OH excluding ortho intramolecular Hbond substituents is 1. The molecular weight excluding hydrogens is 502 g/mol. The van der Waals surface area contributed by atoms with Gasteiger partial charge < -0.3 is 34.6 Å². The zero-order valence-electron chi connectivity index (χ0n) is 20.9. The van der Waals surface area contributed by atoms with E-state index in [-0.39, 0.29) is 29.7 Å². The summed E-state index contributed by atoms with van der Waals surface area (Å²) in [5.41, 5.74) is -0.877. The number of carboxylic acid groups (broad SMARTS) is 1. The molecule has 0 unspecified atom stereocenters. The second kappa shape index (κ2) is 9.07. The van der Waals surface area contributed by atoms with Crippen molar-refractivity contribution in [2.24, 2.45) is 0 Å². The van der Waals surface area contributed by atoms with Crippen LogP contribution in [-0.4, -0.2) is 92.6 Å². The van der Waals surface area contributed by atoms with Crippen LogP contribution in [0.1, 0.15) is 43.7 Å². The Balaban J connectivity index is 1.60. The van der Waals surface area contributed by atoms with Crippen LogP contribution in [0.3, 0.4) is 0 Å². The quantitative estimate of drug-likeness (QED) is 0.329. The van der Waals surface area contributed by atoms with E-state index in [1.807, 2.05) is 11.9 Å². The Morgan fingerprint density at radius 3 is 2.55 bits per heavy atom. The molecule has 12 nitrogen and oxygen atoms in total. The summed E-state index contributed by atoms with van der Waals surface area (Å²) >= 11 is 0. The lowest BCUT2D eigenvalue weighted by Gasteiger charge is -2.62. The number of likely N-dealkylation sites (N-methyl/N-ethyl adjacent to an activating group) is 1. The van der Waals surface area contributed by atoms with Crippen LogP contribution in [0.25, 0.3) is 0 Å². The minimum absolute atomic E-state index is 0.0726. The van der Waals surface area contributed by atoms with Crippen LogP contribution < -0.4 is 4.74 Å². The lowest BCUT2D eigenvalue weighted by molar-refractivity contribution is -0.208. The number of likely N-dealkylation sites (tertiary alicyclic amines) is 1. The van der Waals surface area contributed by atoms with Crippen LogP contribution in [0.15, 0.2) is 24.0 Å². The van der Waals surface area contributed by atoms with E-state index in [4.69, 9.17) is 19.3 Å². The molecule has 204 valence electrons. The van der Waals surface area contributed by atoms with Crippen molar-refractivity contribution in [1.29, 1.82) is 0 Å². The van der Waals surface area contributed by atoms with Crippen molar-refractivity contribution < 1.29 is 53.8 Å². The molecule has 5 rings (SSSR count). The third-order valence-electron chi connectivity index (χ3n) is 8.32. The highest BCUT2D eigenvalue weighted by molar-refractivity contribution is 5.85. The summed E-state index contributed by atoms with van der Waals surface area (Å²) in [7, 11) is 1.89. The Labute approximate surface area is 217 Å². The molecule has 1 aromatic carbocycles. The first-order chi connectivity index (χ1) is 17.9. The van der Waals surface area contributed by atoms with Gasteiger partial charge in [0.25, 0.3) is 0 Å². The number of hydrogen-bond acceptors (Lipinski definition) is 11. The van der Waals surface area contributed by atoms with E-state index in [9.17, 15) is 34.5 Å². The maximum absolute atomic E-state index is 13.0. The molecule has 1 aromatic rings. The van der Waals surface area contributed by atoms with Crippen LogP contribution in [0.5, 0.6) is 11.5 Å². The number of phenols is 1. The average molecular weight is 532 g/mol. The van der Waals surface area contributed by atoms with Gasteiger partial charge in [-0.25, -0.2) is 4.79 Å². The number of ether oxygens (including phenoxy) is 3. The molecule has 38 heavy (non-hydrogen) atoms. The number of ketones is 1. The van der Waals surface area contributed by atoms with Gasteiger partial charge in [-0.15, -0.1) is 0 Å². The monoisotopic (exact) mass is 531 g/mol. The Morgan fingerprint density at radius 2 is 1.87 bits per heavy atom. The smallest absolute Gasteiger partial charge is 0.333 e. The van der Waals surface area contributed by atoms with E-state index in [1.54, 1.807) is 12.1 Å². The SMILES string of the molecule is CC(=O)[C@@H](O)CC(=O)OC1=CC[C@@]2(OC(=O)C[C@H](O)C(=O)O)[C@H]3Cc4ccc(O)c5c4[C@@]2(CCN3C)[C@H]1O5. The molecule has 2 heterocycles. The standard InChI is InChI=1S/C26H29NO11/c1-12(28)15(30)10-19(32)36-17-5-6-26(38-20(33)11-16(31)24(34)35)18-9-13-3-4-14(29)22-21(13)25(26,23(17)37-22)7-8-27(18)2/h3-5,15-16,18,23,29-31H,6-11H2,1-2H3,(H,34,35)/t15-,16-,18+,23-,25-,26+/m0/s1. The Morgan fingerprint density at radius 1 is 1.16 bits per heavy atom. The van der Waals surface area contributed by atoms with Gasteiger partial charge in [-0.05, 0) is 51.1 Å². The molecule has 2 bridgehead atoms. The first-order valence-corrected chi connectivity index (χ1v) is 12.4. The van der Waals surface area contributed by atoms with E-state index < -0.39 is 65.9 Å². The number of aliphatic hydroxyl groups excluding tert-OH is 2. The molecule has 12 heteroatoms. The Kier molecular flexibility index (Phi) is 6.24. The maximum Gasteiger partial charge on any atom is 0.333 e. The molecule has 1 fully saturated rings. The predicted molar refractivity (Wildman–Crippen MR) is 126 cm³/mol. The number of carboxylic acids is 1. The van der Waals surface area contributed by atoms with E-state index >= 15 is 0 Å². The molecule has 0 radical (unpaired) electrons. The van der Waals surface area contributed by atoms with Crippen LogP contribution in [0.4, 0.5) is 0 Å². The van der Waals surface area contributed by atoms with E-state index in [0.717, 1.165) is 12.5 Å². The minimum atomic E-state index is -1.94. The van der Waals surface area contributed by atoms with Crippen molar-refractivity contribution in [1.82, 2.24) is 4.90 Å². The van der Waals surface area contributed by atoms with E-state index in [0.29, 0.717) is 24.9 Å². The molecule has 4 aliphatic rings. The zero-order valence-corrected chi connectivity index (χ0v) is 20.9. The highest BCUT2D eigenvalue weighted by Crippen LogP contribution is 2.66. The molecular formula is C26H29NO11. The normalized spacial score (nSPS) is 30.3. The summed E-state index contributed by atoms with van der Waals surface area (Å²) in [5.74, 6) is -3.74. The maximum atomic E-state index is 13.0. The largest absolute Gasteiger partial charge is 0.504 e. The molecule has 1 spiro atoms. The number of piperidine rings is 1. The summed E-state index contributed by atoms with van der Waals surface area (Å²) in [6.07, 6.45) is -3.32. The van der Waals surface area contributed by atoms with Crippen LogP contribution in [0.2, 0.25) is 0 Å². The van der Waals surface area contributed by atoms with Gasteiger partial charge in [0, 0.05) is 12.0 Å². The van der Waals surface area contributed by atoms with Crippen molar-refractivity contribution in [3.05, 3.63) is 35.1 Å². The Bertz CT molecular complexity index is 1260. The second-order valence-electron chi connectivity index (χ2n) is 10.4. The van der Waals surface area contributed by atoms with Crippen LogP contribution in [0, 0.1) is 0 Å². The van der Waals surface area contributed by atoms with Crippen molar-refractivity contribution in [3.8, 4) is 11.5 Å². The third-order valence-corrected chi connectivity index (χ3v) is 8.32. The summed E-state index contributed by atoms with van der Waals surface area (Å²) in [6.45, 7) is 1.71. The van der Waals surface area contributed by atoms with Gasteiger partial charge in [0.05, 0.1) is 24.3 Å². The number of Topliss-reactive ketones (excluding diaryl/α,β-unsaturated/α-hetero) is 1. The number of rotatable bonds is 8. The van der Waals surface area contributed by atoms with Crippen molar-refractivity contribution in [2.45, 2.75) is 74.4 Å². The number of carbonyl (C=O) groups is 4. The average Bonchev–Trinajstić information content (AvgIpc) is 3.20. The molecule has 1 saturated heterocycles. The van der Waals surface area contributed by atoms with Gasteiger partial charge in [-0.1, -0.05) is 6.07 Å². The number of benzene rings is 1. The van der Waals surface area contributed by atoms with Gasteiger partial charge in [-0.3, -0.25) is 19.3 Å². The summed E-state index contributed by atoms with van der Waals surface area (Å²) in [4.78, 5) is 50.3. The number of aliphatic hydroxyl groups is 2. The van der Waals surface area contributed by atoms with Gasteiger partial charge in [-0.2, -0.15) is 0 Å². The van der Waals surface area contributed by atoms with E-state index in [1.165, 1.54) is 6.07 Å². The first-order valence-electron chi connectivity index (χ1n) is 12.4. The number of carbonyl (C=O) groups excluding carboxylic acids is 3. The molecule has 4 N–H and O–H groups in total. The highest BCUT2D eigenvalue weighted by Gasteiger charge is 2.74. The fourth-order valence-corrected chi connectivity index (χ4v) is 6.57. The predicted octanol–water partition coefficient (Wildman–Crippen LogP) is -0.0604. The van der Waals surface area contributed by atoms with Crippen molar-refractivity contribution in [2.75, 3.05) is 13.6 Å². The van der Waals surface area contributed by atoms with Gasteiger partial charge >= 0.3 is 17.9 Å². The van der Waals surface area contributed by atoms with Gasteiger partial charge in [0.2, 0.25) is 0 Å². The fourth-order valence-electron chi connectivity index (χ4n) is 6.57. The summed E-state index contributed by atoms with van der Waals surface area (Å²) in [5, 5.41) is 39.4. The molecule has 6 atom stereocenters. The van der Waals surface area contributed by atoms with E-state index in [2.05, 4.69) is 0 Å². The topological polar surface area (TPSA) is 180 Å². The number of nitrogens with zero attached hydrogens (tertiary/aromatic N) is 1. The number of aliphatic carboxylic acids is 1. The number of hydrogen-bond donors (Lipinski definition) is 4. The lowest BCUT2D eigenvalue weighted by atomic mass is 9.50. The summed E-state index contributed by atoms with van der Waals surface area (Å²) < 4.78 is 18.0. The molecule has 0 amide bonds. The lowest BCUT2D eigenvalue weighted by Crippen LogP contribution is -2.75. The third kappa shape index (κ3) is 3.69. The molecule has 2 aliphatic heterocycles. The summed E-state index contributed by atoms with van der Waals surface area (Å²) in [6, 6.07) is 2.92. The highest BCUT2D eigenvalue weighted by atomic mass is 16.6. The number of aromatic hydroxyl groups is 1. The van der Waals surface area contributed by atoms with Crippen LogP contribution in [-0.2, 0) is 40.5 Å². The fraction of sp³-hybridized carbons (Fsp3) is 0.538. The van der Waals surface area contributed by atoms with Crippen LogP contribution >= 0.6 is 0 Å². The zero-order chi connectivity index (χ0) is 27.6. The minimum Gasteiger partial charge on any atom is -0.504 e. The first kappa shape index (κ1) is 26.1. The Hall–Kier alpha value is -3.48. The molecule has 0 saturated carbocycles. The molecule has 0 aromatic heterocycles. The number of esters is 2. The van der Waals surface area contributed by atoms with Crippen molar-refractivity contribution in [3.63, 3.8) is 0 Å². The molecule has 2 aliphatic carbocycles.